The van der Waals surface area contributed by atoms with E-state index in [0.29, 0.717) is 52.9 Å². The zero-order valence-corrected chi connectivity index (χ0v) is 27.4. The van der Waals surface area contributed by atoms with Crippen LogP contribution in [-0.4, -0.2) is 28.1 Å². The number of ketones is 3. The topological polar surface area (TPSA) is 71.4 Å². The maximum atomic E-state index is 12.1. The van der Waals surface area contributed by atoms with Crippen LogP contribution in [0.15, 0.2) is 23.3 Å². The molecule has 12 atom stereocenters. The number of rotatable bonds is 1. The van der Waals surface area contributed by atoms with Crippen LogP contribution in [-0.2, 0) is 14.4 Å². The first-order valence-electron chi connectivity index (χ1n) is 18.2. The molecule has 238 valence electrons. The average Bonchev–Trinajstić information content (AvgIpc) is 3.50. The molecule has 0 aliphatic heterocycles. The van der Waals surface area contributed by atoms with Crippen molar-refractivity contribution in [2.75, 3.05) is 0 Å². The van der Waals surface area contributed by atoms with Crippen molar-refractivity contribution < 1.29 is 19.5 Å². The van der Waals surface area contributed by atoms with Crippen molar-refractivity contribution in [3.63, 3.8) is 0 Å². The van der Waals surface area contributed by atoms with Crippen LogP contribution < -0.4 is 0 Å². The minimum absolute atomic E-state index is 0.103. The second-order valence-electron chi connectivity index (χ2n) is 16.9. The molecule has 4 nitrogen and oxygen atoms in total. The highest BCUT2D eigenvalue weighted by molar-refractivity contribution is 5.91. The van der Waals surface area contributed by atoms with Gasteiger partial charge in [0, 0.05) is 24.2 Å². The number of fused-ring (bicyclic) bond motifs is 10. The summed E-state index contributed by atoms with van der Waals surface area (Å²) in [5, 5.41) is 10.9. The molecule has 8 rings (SSSR count). The number of allylic oxidation sites excluding steroid dienone is 2. The molecule has 0 heterocycles. The fraction of sp³-hybridized carbons (Fsp3) is 0.775. The van der Waals surface area contributed by atoms with Crippen molar-refractivity contribution in [2.24, 2.45) is 64.1 Å². The van der Waals surface area contributed by atoms with Gasteiger partial charge in [-0.25, -0.2) is 0 Å². The van der Waals surface area contributed by atoms with E-state index in [1.165, 1.54) is 43.3 Å². The molecule has 0 amide bonds. The summed E-state index contributed by atoms with van der Waals surface area (Å²) in [7, 11) is 0. The van der Waals surface area contributed by atoms with Crippen molar-refractivity contribution in [1.82, 2.24) is 0 Å². The standard InChI is InChI=1S/C20H28O2.C20H26O2/c1-12(21)18-7-8-19-17-5-3-13-11-14(22)4-6-15(13)16(17)9-10-20(18,19)2;1-3-20(22)11-9-18-17-6-4-13-12-14(21)5-7-15(13)16(17)8-10-19(18,20)2/h11,15-19H,3-10H2,1-2H3;1,12,15-18,22H,4-11H2,2H3/t15-,16+,17+,18+,19-,20+;15-,16+,17+,18-,19-,20-/m00/s1. The van der Waals surface area contributed by atoms with E-state index in [9.17, 15) is 19.5 Å². The lowest BCUT2D eigenvalue weighted by atomic mass is 9.50. The van der Waals surface area contributed by atoms with Gasteiger partial charge in [-0.15, -0.1) is 6.42 Å². The van der Waals surface area contributed by atoms with Gasteiger partial charge in [-0.3, -0.25) is 14.4 Å². The molecule has 8 aliphatic rings. The highest BCUT2D eigenvalue weighted by Crippen LogP contribution is 2.65. The molecule has 0 radical (unpaired) electrons. The molecular weight excluding hydrogens is 544 g/mol. The monoisotopic (exact) mass is 598 g/mol. The Morgan fingerprint density at radius 3 is 1.86 bits per heavy atom. The molecule has 0 spiro atoms. The van der Waals surface area contributed by atoms with Crippen LogP contribution in [0.5, 0.6) is 0 Å². The van der Waals surface area contributed by atoms with Crippen LogP contribution in [0, 0.1) is 76.4 Å². The fourth-order valence-electron chi connectivity index (χ4n) is 13.3. The Balaban J connectivity index is 0.000000142. The van der Waals surface area contributed by atoms with Gasteiger partial charge in [-0.05, 0) is 162 Å². The molecule has 0 aromatic heterocycles. The Morgan fingerprint density at radius 2 is 1.30 bits per heavy atom. The molecule has 44 heavy (non-hydrogen) atoms. The van der Waals surface area contributed by atoms with Crippen molar-refractivity contribution in [3.8, 4) is 12.3 Å². The zero-order chi connectivity index (χ0) is 31.0. The van der Waals surface area contributed by atoms with Crippen molar-refractivity contribution in [1.29, 1.82) is 0 Å². The second-order valence-corrected chi connectivity index (χ2v) is 16.9. The summed E-state index contributed by atoms with van der Waals surface area (Å²) in [4.78, 5) is 35.5. The molecule has 0 aromatic carbocycles. The Bertz CT molecular complexity index is 1330. The maximum absolute atomic E-state index is 12.1. The Labute approximate surface area is 265 Å². The SMILES string of the molecule is C#C[C@]1(O)CC[C@H]2[C@@H]3CCC4=CC(=O)CC[C@@H]4[C@H]3CC[C@@]21C.CC(=O)[C@H]1CC[C@H]2[C@@H]3CCC4=CC(=O)CC[C@@H]4[C@H]3CC[C@]12C. The van der Waals surface area contributed by atoms with Crippen LogP contribution in [0.1, 0.15) is 124 Å². The minimum atomic E-state index is -0.902. The number of hydrogen-bond donors (Lipinski definition) is 1. The van der Waals surface area contributed by atoms with Gasteiger partial charge in [0.15, 0.2) is 11.6 Å². The number of aliphatic hydroxyl groups is 1. The summed E-state index contributed by atoms with van der Waals surface area (Å²) in [5.74, 6) is 9.75. The zero-order valence-electron chi connectivity index (χ0n) is 27.4. The summed E-state index contributed by atoms with van der Waals surface area (Å²) in [6, 6.07) is 0. The van der Waals surface area contributed by atoms with Crippen LogP contribution in [0.2, 0.25) is 0 Å². The molecule has 0 aromatic rings. The number of terminal acetylenes is 1. The predicted octanol–water partition coefficient (Wildman–Crippen LogP) is 7.83. The van der Waals surface area contributed by atoms with Crippen molar-refractivity contribution in [2.45, 2.75) is 129 Å². The number of carbonyl (C=O) groups is 3. The normalized spacial score (nSPS) is 48.8. The van der Waals surface area contributed by atoms with Crippen molar-refractivity contribution >= 4 is 17.3 Å². The summed E-state index contributed by atoms with van der Waals surface area (Å²) < 4.78 is 0. The first-order chi connectivity index (χ1) is 21.0. The fourth-order valence-corrected chi connectivity index (χ4v) is 13.3. The van der Waals surface area contributed by atoms with Gasteiger partial charge in [-0.2, -0.15) is 0 Å². The van der Waals surface area contributed by atoms with Crippen LogP contribution in [0.4, 0.5) is 0 Å². The number of hydrogen-bond acceptors (Lipinski definition) is 4. The van der Waals surface area contributed by atoms with E-state index >= 15 is 0 Å². The van der Waals surface area contributed by atoms with E-state index in [1.807, 2.05) is 12.2 Å². The van der Waals surface area contributed by atoms with E-state index < -0.39 is 5.60 Å². The summed E-state index contributed by atoms with van der Waals surface area (Å²) >= 11 is 0. The third-order valence-electron chi connectivity index (χ3n) is 15.5. The Hall–Kier alpha value is -1.99. The molecule has 0 saturated heterocycles. The summed E-state index contributed by atoms with van der Waals surface area (Å²) in [6.07, 6.45) is 26.8. The van der Waals surface area contributed by atoms with E-state index in [4.69, 9.17) is 6.42 Å². The van der Waals surface area contributed by atoms with Gasteiger partial charge in [0.1, 0.15) is 11.4 Å². The highest BCUT2D eigenvalue weighted by Gasteiger charge is 2.62. The maximum Gasteiger partial charge on any atom is 0.155 e. The lowest BCUT2D eigenvalue weighted by Crippen LogP contribution is -2.52. The first kappa shape index (κ1) is 30.7. The molecule has 0 bridgehead atoms. The Kier molecular flexibility index (Phi) is 7.71. The van der Waals surface area contributed by atoms with Gasteiger partial charge in [-0.1, -0.05) is 30.9 Å². The van der Waals surface area contributed by atoms with Gasteiger partial charge < -0.3 is 5.11 Å². The van der Waals surface area contributed by atoms with Crippen LogP contribution >= 0.6 is 0 Å². The molecular formula is C40H54O4. The number of carbonyl (C=O) groups excluding carboxylic acids is 3. The third kappa shape index (κ3) is 4.60. The number of Topliss-reactive ketones (excluding diaryl/α,β-unsaturated/α-hetero) is 1. The highest BCUT2D eigenvalue weighted by atomic mass is 16.3. The van der Waals surface area contributed by atoms with E-state index in [1.54, 1.807) is 6.92 Å². The summed E-state index contributed by atoms with van der Waals surface area (Å²) in [5.41, 5.74) is 2.14. The summed E-state index contributed by atoms with van der Waals surface area (Å²) in [6.45, 7) is 6.44. The van der Waals surface area contributed by atoms with Crippen LogP contribution in [0.25, 0.3) is 0 Å². The molecule has 8 aliphatic carbocycles. The largest absolute Gasteiger partial charge is 0.377 e. The Morgan fingerprint density at radius 1 is 0.727 bits per heavy atom. The average molecular weight is 599 g/mol. The molecule has 6 saturated carbocycles. The minimum Gasteiger partial charge on any atom is -0.377 e. The lowest BCUT2D eigenvalue weighted by molar-refractivity contribution is -0.127. The quantitative estimate of drug-likeness (QED) is 0.312. The molecule has 4 heteroatoms. The first-order valence-corrected chi connectivity index (χ1v) is 18.2. The van der Waals surface area contributed by atoms with Gasteiger partial charge >= 0.3 is 0 Å². The second kappa shape index (κ2) is 11.1. The predicted molar refractivity (Wildman–Crippen MR) is 172 cm³/mol. The third-order valence-corrected chi connectivity index (χ3v) is 15.5. The molecule has 6 fully saturated rings. The lowest BCUT2D eigenvalue weighted by Gasteiger charge is -2.54. The van der Waals surface area contributed by atoms with E-state index in [-0.39, 0.29) is 10.8 Å². The molecule has 0 unspecified atom stereocenters. The van der Waals surface area contributed by atoms with Gasteiger partial charge in [0.05, 0.1) is 0 Å². The smallest absolute Gasteiger partial charge is 0.155 e. The van der Waals surface area contributed by atoms with Crippen LogP contribution in [0.3, 0.4) is 0 Å². The van der Waals surface area contributed by atoms with Gasteiger partial charge in [0.2, 0.25) is 0 Å². The molecule has 1 N–H and O–H groups in total. The van der Waals surface area contributed by atoms with E-state index in [0.717, 1.165) is 88.4 Å². The van der Waals surface area contributed by atoms with E-state index in [2.05, 4.69) is 19.8 Å². The van der Waals surface area contributed by atoms with Gasteiger partial charge in [0.25, 0.3) is 0 Å². The van der Waals surface area contributed by atoms with Crippen molar-refractivity contribution in [3.05, 3.63) is 23.3 Å².